The van der Waals surface area contributed by atoms with E-state index >= 15 is 0 Å². The minimum atomic E-state index is -0.192. The molecule has 0 aliphatic rings. The molecule has 100 valence electrons. The molecular formula is C13H13BrN2O2S. The maximum absolute atomic E-state index is 11.8. The quantitative estimate of drug-likeness (QED) is 0.822. The van der Waals surface area contributed by atoms with E-state index in [9.17, 15) is 9.59 Å². The fourth-order valence-electron chi connectivity index (χ4n) is 1.61. The molecule has 0 atom stereocenters. The molecule has 0 saturated carbocycles. The van der Waals surface area contributed by atoms with Crippen LogP contribution < -0.4 is 5.32 Å². The minimum Gasteiger partial charge on any atom is -0.356 e. The maximum atomic E-state index is 11.8. The van der Waals surface area contributed by atoms with Gasteiger partial charge in [0.05, 0.1) is 3.79 Å². The maximum Gasteiger partial charge on any atom is 0.267 e. The first-order valence-electron chi connectivity index (χ1n) is 5.78. The zero-order chi connectivity index (χ0) is 13.8. The van der Waals surface area contributed by atoms with Gasteiger partial charge in [-0.1, -0.05) is 0 Å². The molecule has 0 unspecified atom stereocenters. The number of carbonyl (C=O) groups excluding carboxylic acids is 2. The Kier molecular flexibility index (Phi) is 4.55. The van der Waals surface area contributed by atoms with E-state index in [1.165, 1.54) is 11.8 Å². The van der Waals surface area contributed by atoms with Gasteiger partial charge in [0.25, 0.3) is 5.91 Å². The van der Waals surface area contributed by atoms with Crippen LogP contribution in [0.5, 0.6) is 0 Å². The minimum absolute atomic E-state index is 0.0567. The van der Waals surface area contributed by atoms with Crippen molar-refractivity contribution in [1.29, 1.82) is 0 Å². The van der Waals surface area contributed by atoms with Crippen LogP contribution in [0.25, 0.3) is 0 Å². The number of ketones is 1. The van der Waals surface area contributed by atoms with Crippen LogP contribution in [0.4, 0.5) is 0 Å². The van der Waals surface area contributed by atoms with E-state index in [0.717, 1.165) is 10.2 Å². The van der Waals surface area contributed by atoms with Crippen molar-refractivity contribution >= 4 is 39.0 Å². The second-order valence-corrected chi connectivity index (χ2v) is 6.62. The van der Waals surface area contributed by atoms with Crippen molar-refractivity contribution in [3.63, 3.8) is 0 Å². The first-order chi connectivity index (χ1) is 9.06. The molecule has 0 aromatic carbocycles. The summed E-state index contributed by atoms with van der Waals surface area (Å²) in [5, 5.41) is 2.82. The van der Waals surface area contributed by atoms with Gasteiger partial charge in [0.15, 0.2) is 5.78 Å². The lowest BCUT2D eigenvalue weighted by atomic mass is 10.2. The van der Waals surface area contributed by atoms with Gasteiger partial charge < -0.3 is 10.3 Å². The van der Waals surface area contributed by atoms with Crippen molar-refractivity contribution in [2.45, 2.75) is 13.3 Å². The third-order valence-electron chi connectivity index (χ3n) is 2.62. The smallest absolute Gasteiger partial charge is 0.267 e. The highest BCUT2D eigenvalue weighted by molar-refractivity contribution is 9.11. The monoisotopic (exact) mass is 340 g/mol. The lowest BCUT2D eigenvalue weighted by Crippen LogP contribution is -2.25. The topological polar surface area (TPSA) is 62.0 Å². The number of H-pyrrole nitrogens is 1. The fourth-order valence-corrected chi connectivity index (χ4v) is 3.09. The molecule has 4 nitrogen and oxygen atoms in total. The second kappa shape index (κ2) is 6.16. The second-order valence-electron chi connectivity index (χ2n) is 4.07. The van der Waals surface area contributed by atoms with Gasteiger partial charge in [-0.2, -0.15) is 0 Å². The first kappa shape index (κ1) is 14.0. The van der Waals surface area contributed by atoms with Gasteiger partial charge in [-0.05, 0) is 47.5 Å². The third kappa shape index (κ3) is 3.78. The van der Waals surface area contributed by atoms with Gasteiger partial charge in [0, 0.05) is 23.2 Å². The summed E-state index contributed by atoms with van der Waals surface area (Å²) in [4.78, 5) is 27.0. The van der Waals surface area contributed by atoms with Gasteiger partial charge in [-0.25, -0.2) is 0 Å². The molecule has 1 amide bonds. The lowest BCUT2D eigenvalue weighted by molar-refractivity contribution is 0.0949. The van der Waals surface area contributed by atoms with E-state index in [2.05, 4.69) is 26.2 Å². The molecule has 0 aliphatic heterocycles. The molecule has 0 aliphatic carbocycles. The number of Topliss-reactive ketones (excluding diaryl/α,β-unsaturated/α-hetero) is 1. The summed E-state index contributed by atoms with van der Waals surface area (Å²) in [7, 11) is 0. The number of rotatable bonds is 5. The molecule has 2 heterocycles. The van der Waals surface area contributed by atoms with Crippen LogP contribution in [0.3, 0.4) is 0 Å². The molecule has 19 heavy (non-hydrogen) atoms. The van der Waals surface area contributed by atoms with E-state index in [1.54, 1.807) is 23.6 Å². The van der Waals surface area contributed by atoms with E-state index in [0.29, 0.717) is 17.8 Å². The number of thiophene rings is 1. The van der Waals surface area contributed by atoms with Crippen LogP contribution in [0.2, 0.25) is 0 Å². The van der Waals surface area contributed by atoms with Crippen LogP contribution in [0, 0.1) is 0 Å². The number of aromatic amines is 1. The molecular weight excluding hydrogens is 328 g/mol. The Bertz CT molecular complexity index is 603. The summed E-state index contributed by atoms with van der Waals surface area (Å²) in [5.41, 5.74) is 0.935. The molecule has 0 spiro atoms. The SMILES string of the molecule is CC(=O)c1c[nH]c(C(=O)NCCc2ccc(Br)s2)c1. The first-order valence-corrected chi connectivity index (χ1v) is 7.39. The predicted molar refractivity (Wildman–Crippen MR) is 78.9 cm³/mol. The summed E-state index contributed by atoms with van der Waals surface area (Å²) < 4.78 is 1.09. The zero-order valence-corrected chi connectivity index (χ0v) is 12.7. The molecule has 0 radical (unpaired) electrons. The number of halogens is 1. The zero-order valence-electron chi connectivity index (χ0n) is 10.3. The van der Waals surface area contributed by atoms with E-state index in [4.69, 9.17) is 0 Å². The molecule has 0 saturated heterocycles. The summed E-state index contributed by atoms with van der Waals surface area (Å²) in [6.07, 6.45) is 2.34. The number of aromatic nitrogens is 1. The summed E-state index contributed by atoms with van der Waals surface area (Å²) >= 11 is 5.06. The number of hydrogen-bond acceptors (Lipinski definition) is 3. The molecule has 2 N–H and O–H groups in total. The number of amides is 1. The van der Waals surface area contributed by atoms with Crippen LogP contribution in [-0.2, 0) is 6.42 Å². The van der Waals surface area contributed by atoms with Crippen LogP contribution in [0.15, 0.2) is 28.2 Å². The molecule has 2 rings (SSSR count). The number of hydrogen-bond donors (Lipinski definition) is 2. The highest BCUT2D eigenvalue weighted by Gasteiger charge is 2.10. The van der Waals surface area contributed by atoms with Crippen LogP contribution in [-0.4, -0.2) is 23.2 Å². The molecule has 6 heteroatoms. The van der Waals surface area contributed by atoms with Crippen LogP contribution >= 0.6 is 27.3 Å². The summed E-state index contributed by atoms with van der Waals surface area (Å²) in [6.45, 7) is 2.04. The van der Waals surface area contributed by atoms with Gasteiger partial charge in [-0.15, -0.1) is 11.3 Å². The fraction of sp³-hybridized carbons (Fsp3) is 0.231. The van der Waals surface area contributed by atoms with Crippen molar-refractivity contribution < 1.29 is 9.59 Å². The average molecular weight is 341 g/mol. The van der Waals surface area contributed by atoms with Gasteiger partial charge >= 0.3 is 0 Å². The highest BCUT2D eigenvalue weighted by Crippen LogP contribution is 2.22. The predicted octanol–water partition coefficient (Wildman–Crippen LogP) is 3.01. The molecule has 0 bridgehead atoms. The van der Waals surface area contributed by atoms with Gasteiger partial charge in [-0.3, -0.25) is 9.59 Å². The average Bonchev–Trinajstić information content (AvgIpc) is 2.98. The number of carbonyl (C=O) groups is 2. The van der Waals surface area contributed by atoms with Crippen molar-refractivity contribution in [3.8, 4) is 0 Å². The Labute approximate surface area is 123 Å². The van der Waals surface area contributed by atoms with Crippen molar-refractivity contribution in [2.24, 2.45) is 0 Å². The molecule has 2 aromatic rings. The van der Waals surface area contributed by atoms with Crippen molar-refractivity contribution in [3.05, 3.63) is 44.3 Å². The van der Waals surface area contributed by atoms with Crippen molar-refractivity contribution in [2.75, 3.05) is 6.54 Å². The Hall–Kier alpha value is -1.40. The molecule has 2 aromatic heterocycles. The van der Waals surface area contributed by atoms with E-state index < -0.39 is 0 Å². The number of nitrogens with one attached hydrogen (secondary N) is 2. The highest BCUT2D eigenvalue weighted by atomic mass is 79.9. The van der Waals surface area contributed by atoms with Gasteiger partial charge in [0.1, 0.15) is 5.69 Å². The Morgan fingerprint density at radius 2 is 2.21 bits per heavy atom. The Balaban J connectivity index is 1.85. The largest absolute Gasteiger partial charge is 0.356 e. The normalized spacial score (nSPS) is 10.4. The standard InChI is InChI=1S/C13H13BrN2O2S/c1-8(17)9-6-11(16-7-9)13(18)15-5-4-10-2-3-12(14)19-10/h2-3,6-7,16H,4-5H2,1H3,(H,15,18). The van der Waals surface area contributed by atoms with Gasteiger partial charge in [0.2, 0.25) is 0 Å². The summed E-state index contributed by atoms with van der Waals surface area (Å²) in [5.74, 6) is -0.248. The summed E-state index contributed by atoms with van der Waals surface area (Å²) in [6, 6.07) is 5.59. The van der Waals surface area contributed by atoms with E-state index in [1.807, 2.05) is 12.1 Å². The van der Waals surface area contributed by atoms with Crippen molar-refractivity contribution in [1.82, 2.24) is 10.3 Å². The lowest BCUT2D eigenvalue weighted by Gasteiger charge is -2.01. The third-order valence-corrected chi connectivity index (χ3v) is 4.30. The molecule has 0 fully saturated rings. The van der Waals surface area contributed by atoms with Crippen LogP contribution in [0.1, 0.15) is 32.6 Å². The Morgan fingerprint density at radius 1 is 1.42 bits per heavy atom. The van der Waals surface area contributed by atoms with E-state index in [-0.39, 0.29) is 11.7 Å². The Morgan fingerprint density at radius 3 is 2.79 bits per heavy atom.